The summed E-state index contributed by atoms with van der Waals surface area (Å²) in [5.41, 5.74) is 3.39. The van der Waals surface area contributed by atoms with E-state index in [9.17, 15) is 0 Å². The quantitative estimate of drug-likeness (QED) is 0.729. The van der Waals surface area contributed by atoms with Crippen LogP contribution in [-0.4, -0.2) is 30.2 Å². The van der Waals surface area contributed by atoms with Crippen LogP contribution in [0, 0.1) is 0 Å². The van der Waals surface area contributed by atoms with Crippen molar-refractivity contribution in [3.8, 4) is 11.5 Å². The van der Waals surface area contributed by atoms with E-state index in [0.29, 0.717) is 23.5 Å². The van der Waals surface area contributed by atoms with Crippen molar-refractivity contribution in [1.82, 2.24) is 9.97 Å². The number of fused-ring (bicyclic) bond motifs is 1. The third-order valence-electron chi connectivity index (χ3n) is 4.73. The Morgan fingerprint density at radius 3 is 2.67 bits per heavy atom. The van der Waals surface area contributed by atoms with E-state index in [0.717, 1.165) is 17.9 Å². The van der Waals surface area contributed by atoms with Crippen molar-refractivity contribution in [3.05, 3.63) is 60.3 Å². The molecule has 1 aliphatic heterocycles. The zero-order chi connectivity index (χ0) is 18.8. The summed E-state index contributed by atoms with van der Waals surface area (Å²) in [5, 5.41) is 3.25. The normalized spacial score (nSPS) is 15.4. The molecular weight excluding hydrogens is 340 g/mol. The van der Waals surface area contributed by atoms with Crippen molar-refractivity contribution in [2.24, 2.45) is 0 Å². The third-order valence-corrected chi connectivity index (χ3v) is 4.73. The largest absolute Gasteiger partial charge is 0.493 e. The Morgan fingerprint density at radius 2 is 1.85 bits per heavy atom. The van der Waals surface area contributed by atoms with E-state index in [1.165, 1.54) is 11.3 Å². The Balaban J connectivity index is 1.62. The lowest BCUT2D eigenvalue weighted by molar-refractivity contribution is 0.355. The molecule has 4 rings (SSSR count). The molecule has 3 aromatic rings. The van der Waals surface area contributed by atoms with Crippen molar-refractivity contribution in [2.75, 3.05) is 24.4 Å². The molecule has 0 fully saturated rings. The van der Waals surface area contributed by atoms with Crippen molar-refractivity contribution in [1.29, 1.82) is 0 Å². The number of hydrogen-bond acceptors (Lipinski definition) is 6. The molecular formula is C21H22N4O2. The standard InChI is InChI=1S/C21H22N4O2/c1-14-12-15-6-4-5-7-17(15)25(14)20-10-11-22-21(24-20)23-16-8-9-18(26-2)19(13-16)27-3/h4-11,13-14H,12H2,1-3H3,(H,22,23,24). The second-order valence-electron chi connectivity index (χ2n) is 6.49. The number of para-hydroxylation sites is 1. The van der Waals surface area contributed by atoms with Crippen LogP contribution >= 0.6 is 0 Å². The van der Waals surface area contributed by atoms with Gasteiger partial charge in [-0.2, -0.15) is 4.98 Å². The van der Waals surface area contributed by atoms with Crippen LogP contribution in [0.15, 0.2) is 54.7 Å². The number of aromatic nitrogens is 2. The molecule has 138 valence electrons. The third kappa shape index (κ3) is 3.26. The number of nitrogens with one attached hydrogen (secondary N) is 1. The van der Waals surface area contributed by atoms with E-state index in [-0.39, 0.29) is 0 Å². The van der Waals surface area contributed by atoms with E-state index in [1.807, 2.05) is 24.3 Å². The molecule has 2 heterocycles. The molecule has 1 unspecified atom stereocenters. The van der Waals surface area contributed by atoms with Crippen LogP contribution in [-0.2, 0) is 6.42 Å². The molecule has 6 nitrogen and oxygen atoms in total. The highest BCUT2D eigenvalue weighted by molar-refractivity contribution is 5.69. The van der Waals surface area contributed by atoms with Crippen molar-refractivity contribution >= 4 is 23.1 Å². The first-order chi connectivity index (χ1) is 13.2. The Bertz CT molecular complexity index is 960. The van der Waals surface area contributed by atoms with E-state index in [1.54, 1.807) is 20.4 Å². The minimum Gasteiger partial charge on any atom is -0.493 e. The summed E-state index contributed by atoms with van der Waals surface area (Å²) in [7, 11) is 3.23. The van der Waals surface area contributed by atoms with Crippen LogP contribution in [0.2, 0.25) is 0 Å². The van der Waals surface area contributed by atoms with Gasteiger partial charge in [0.15, 0.2) is 11.5 Å². The Hall–Kier alpha value is -3.28. The smallest absolute Gasteiger partial charge is 0.229 e. The second-order valence-corrected chi connectivity index (χ2v) is 6.49. The summed E-state index contributed by atoms with van der Waals surface area (Å²) in [4.78, 5) is 11.4. The lowest BCUT2D eigenvalue weighted by Gasteiger charge is -2.24. The summed E-state index contributed by atoms with van der Waals surface area (Å²) in [6.45, 7) is 2.21. The van der Waals surface area contributed by atoms with Gasteiger partial charge < -0.3 is 19.7 Å². The number of anilines is 4. The lowest BCUT2D eigenvalue weighted by atomic mass is 10.1. The Labute approximate surface area is 158 Å². The highest BCUT2D eigenvalue weighted by Gasteiger charge is 2.27. The molecule has 0 bridgehead atoms. The minimum atomic E-state index is 0.353. The molecule has 1 N–H and O–H groups in total. The maximum Gasteiger partial charge on any atom is 0.229 e. The molecule has 0 amide bonds. The maximum absolute atomic E-state index is 5.36. The van der Waals surface area contributed by atoms with Crippen molar-refractivity contribution < 1.29 is 9.47 Å². The summed E-state index contributed by atoms with van der Waals surface area (Å²) in [6, 6.07) is 16.4. The van der Waals surface area contributed by atoms with Crippen LogP contribution in [0.25, 0.3) is 0 Å². The predicted octanol–water partition coefficient (Wildman–Crippen LogP) is 4.32. The Morgan fingerprint density at radius 1 is 1.04 bits per heavy atom. The summed E-state index contributed by atoms with van der Waals surface area (Å²) >= 11 is 0. The molecule has 2 aromatic carbocycles. The number of methoxy groups -OCH3 is 2. The molecule has 1 aliphatic rings. The summed E-state index contributed by atoms with van der Waals surface area (Å²) in [6.07, 6.45) is 2.79. The van der Waals surface area contributed by atoms with Crippen molar-refractivity contribution in [2.45, 2.75) is 19.4 Å². The predicted molar refractivity (Wildman–Crippen MR) is 107 cm³/mol. The zero-order valence-corrected chi connectivity index (χ0v) is 15.6. The average Bonchev–Trinajstić information content (AvgIpc) is 3.03. The first-order valence-corrected chi connectivity index (χ1v) is 8.89. The van der Waals surface area contributed by atoms with E-state index in [2.05, 4.69) is 46.4 Å². The number of hydrogen-bond donors (Lipinski definition) is 1. The first-order valence-electron chi connectivity index (χ1n) is 8.89. The van der Waals surface area contributed by atoms with Crippen LogP contribution in [0.3, 0.4) is 0 Å². The van der Waals surface area contributed by atoms with Crippen LogP contribution in [0.1, 0.15) is 12.5 Å². The topological polar surface area (TPSA) is 59.5 Å². The van der Waals surface area contributed by atoms with Gasteiger partial charge in [-0.25, -0.2) is 4.98 Å². The molecule has 1 atom stereocenters. The van der Waals surface area contributed by atoms with E-state index >= 15 is 0 Å². The fourth-order valence-corrected chi connectivity index (χ4v) is 3.50. The van der Waals surface area contributed by atoms with Crippen LogP contribution in [0.4, 0.5) is 23.1 Å². The second kappa shape index (κ2) is 7.15. The van der Waals surface area contributed by atoms with E-state index < -0.39 is 0 Å². The summed E-state index contributed by atoms with van der Waals surface area (Å²) < 4.78 is 10.6. The fourth-order valence-electron chi connectivity index (χ4n) is 3.50. The van der Waals surface area contributed by atoms with Gasteiger partial charge in [-0.3, -0.25) is 0 Å². The molecule has 6 heteroatoms. The summed E-state index contributed by atoms with van der Waals surface area (Å²) in [5.74, 6) is 2.75. The first kappa shape index (κ1) is 17.1. The maximum atomic E-state index is 5.36. The molecule has 0 saturated carbocycles. The molecule has 0 aliphatic carbocycles. The monoisotopic (exact) mass is 362 g/mol. The molecule has 1 aromatic heterocycles. The van der Waals surface area contributed by atoms with Gasteiger partial charge >= 0.3 is 0 Å². The van der Waals surface area contributed by atoms with Gasteiger partial charge in [0.1, 0.15) is 5.82 Å². The minimum absolute atomic E-state index is 0.353. The average molecular weight is 362 g/mol. The lowest BCUT2D eigenvalue weighted by Crippen LogP contribution is -2.25. The van der Waals surface area contributed by atoms with Gasteiger partial charge in [0.2, 0.25) is 5.95 Å². The molecule has 27 heavy (non-hydrogen) atoms. The molecule has 0 saturated heterocycles. The van der Waals surface area contributed by atoms with Crippen molar-refractivity contribution in [3.63, 3.8) is 0 Å². The van der Waals surface area contributed by atoms with E-state index in [4.69, 9.17) is 14.5 Å². The van der Waals surface area contributed by atoms with Gasteiger partial charge in [-0.15, -0.1) is 0 Å². The van der Waals surface area contributed by atoms with Gasteiger partial charge in [0, 0.05) is 29.7 Å². The number of ether oxygens (including phenoxy) is 2. The van der Waals surface area contributed by atoms with Gasteiger partial charge in [0.25, 0.3) is 0 Å². The van der Waals surface area contributed by atoms with Gasteiger partial charge in [-0.1, -0.05) is 18.2 Å². The molecule has 0 spiro atoms. The zero-order valence-electron chi connectivity index (χ0n) is 15.6. The SMILES string of the molecule is COc1ccc(Nc2nccc(N3c4ccccc4CC3C)n2)cc1OC. The number of rotatable bonds is 5. The highest BCUT2D eigenvalue weighted by atomic mass is 16.5. The Kier molecular flexibility index (Phi) is 4.54. The van der Waals surface area contributed by atoms with Crippen LogP contribution < -0.4 is 19.7 Å². The van der Waals surface area contributed by atoms with Crippen LogP contribution in [0.5, 0.6) is 11.5 Å². The van der Waals surface area contributed by atoms with Gasteiger partial charge in [-0.05, 0) is 43.2 Å². The molecule has 0 radical (unpaired) electrons. The number of benzene rings is 2. The fraction of sp³-hybridized carbons (Fsp3) is 0.238. The highest BCUT2D eigenvalue weighted by Crippen LogP contribution is 2.37. The number of nitrogens with zero attached hydrogens (tertiary/aromatic N) is 3. The van der Waals surface area contributed by atoms with Gasteiger partial charge in [0.05, 0.1) is 14.2 Å².